The number of aliphatic hydroxyl groups excluding tert-OH is 1. The van der Waals surface area contributed by atoms with Crippen LogP contribution >= 0.6 is 0 Å². The topological polar surface area (TPSA) is 20.2 Å². The third-order valence-electron chi connectivity index (χ3n) is 2.72. The Balaban J connectivity index is 0.000000980. The first-order chi connectivity index (χ1) is 6.12. The van der Waals surface area contributed by atoms with Gasteiger partial charge in [0, 0.05) is 11.1 Å². The van der Waals surface area contributed by atoms with Crippen molar-refractivity contribution >= 4 is 0 Å². The first-order valence-electron chi connectivity index (χ1n) is 4.65. The second kappa shape index (κ2) is 3.89. The van der Waals surface area contributed by atoms with Crippen LogP contribution in [0.5, 0.6) is 0 Å². The summed E-state index contributed by atoms with van der Waals surface area (Å²) in [4.78, 5) is 0. The molecule has 0 spiro atoms. The Morgan fingerprint density at radius 3 is 2.64 bits per heavy atom. The third kappa shape index (κ3) is 1.92. The summed E-state index contributed by atoms with van der Waals surface area (Å²) in [5, 5.41) is 9.17. The molecule has 0 saturated heterocycles. The monoisotopic (exact) mass is 213 g/mol. The first kappa shape index (κ1) is 11.5. The molecule has 0 aliphatic carbocycles. The second-order valence-corrected chi connectivity index (χ2v) is 4.46. The Bertz CT molecular complexity index is 336. The van der Waals surface area contributed by atoms with E-state index in [1.165, 1.54) is 11.1 Å². The Hall–Kier alpha value is -0.570. The summed E-state index contributed by atoms with van der Waals surface area (Å²) in [7, 11) is 4.45. The highest BCUT2D eigenvalue weighted by atomic mass is 35.5. The minimum absolute atomic E-state index is 0. The van der Waals surface area contributed by atoms with Crippen molar-refractivity contribution in [3.05, 3.63) is 34.9 Å². The molecule has 0 atom stereocenters. The summed E-state index contributed by atoms with van der Waals surface area (Å²) < 4.78 is 1.01. The van der Waals surface area contributed by atoms with Crippen LogP contribution in [-0.4, -0.2) is 23.7 Å². The van der Waals surface area contributed by atoms with Crippen LogP contribution < -0.4 is 12.4 Å². The smallest absolute Gasteiger partial charge is 0.105 e. The quantitative estimate of drug-likeness (QED) is 0.550. The molecule has 0 saturated carbocycles. The van der Waals surface area contributed by atoms with Gasteiger partial charge in [0.2, 0.25) is 0 Å². The van der Waals surface area contributed by atoms with E-state index < -0.39 is 0 Å². The lowest BCUT2D eigenvalue weighted by atomic mass is 10.0. The van der Waals surface area contributed by atoms with Gasteiger partial charge in [-0.1, -0.05) is 18.2 Å². The molecule has 1 aromatic carbocycles. The van der Waals surface area contributed by atoms with Crippen molar-refractivity contribution in [2.45, 2.75) is 19.7 Å². The molecule has 14 heavy (non-hydrogen) atoms. The third-order valence-corrected chi connectivity index (χ3v) is 2.72. The van der Waals surface area contributed by atoms with Crippen molar-refractivity contribution in [2.24, 2.45) is 0 Å². The number of aliphatic hydroxyl groups is 1. The zero-order chi connectivity index (χ0) is 9.47. The average molecular weight is 214 g/mol. The standard InChI is InChI=1S/C11H16NO.ClH/c1-12(2)6-9-4-3-5-10(8-13)11(9)7-12;/h3-5,13H,6-8H2,1-2H3;1H/q+1;/p-1. The zero-order valence-electron chi connectivity index (χ0n) is 8.63. The lowest BCUT2D eigenvalue weighted by Gasteiger charge is -2.22. The summed E-state index contributed by atoms with van der Waals surface area (Å²) >= 11 is 0. The molecule has 1 aromatic rings. The maximum atomic E-state index is 9.17. The highest BCUT2D eigenvalue weighted by Crippen LogP contribution is 2.28. The molecule has 0 unspecified atom stereocenters. The van der Waals surface area contributed by atoms with E-state index in [1.54, 1.807) is 0 Å². The summed E-state index contributed by atoms with van der Waals surface area (Å²) in [5.74, 6) is 0. The highest BCUT2D eigenvalue weighted by Gasteiger charge is 2.28. The van der Waals surface area contributed by atoms with Crippen LogP contribution in [0.2, 0.25) is 0 Å². The number of benzene rings is 1. The van der Waals surface area contributed by atoms with Gasteiger partial charge in [-0.25, -0.2) is 0 Å². The zero-order valence-corrected chi connectivity index (χ0v) is 9.38. The molecule has 3 heteroatoms. The molecule has 0 bridgehead atoms. The number of hydrogen-bond donors (Lipinski definition) is 1. The van der Waals surface area contributed by atoms with Gasteiger partial charge >= 0.3 is 0 Å². The maximum absolute atomic E-state index is 9.17. The molecule has 0 aromatic heterocycles. The van der Waals surface area contributed by atoms with Crippen LogP contribution in [0.3, 0.4) is 0 Å². The molecule has 1 aliphatic rings. The number of nitrogens with zero attached hydrogens (tertiary/aromatic N) is 1. The van der Waals surface area contributed by atoms with E-state index in [9.17, 15) is 0 Å². The van der Waals surface area contributed by atoms with Crippen molar-refractivity contribution in [3.8, 4) is 0 Å². The highest BCUT2D eigenvalue weighted by molar-refractivity contribution is 5.35. The molecule has 0 fully saturated rings. The van der Waals surface area contributed by atoms with Gasteiger partial charge in [-0.3, -0.25) is 0 Å². The van der Waals surface area contributed by atoms with Gasteiger partial charge in [0.05, 0.1) is 20.7 Å². The van der Waals surface area contributed by atoms with Gasteiger partial charge in [-0.15, -0.1) is 0 Å². The van der Waals surface area contributed by atoms with E-state index in [2.05, 4.69) is 20.2 Å². The maximum Gasteiger partial charge on any atom is 0.105 e. The van der Waals surface area contributed by atoms with Gasteiger partial charge in [-0.05, 0) is 5.56 Å². The van der Waals surface area contributed by atoms with Crippen LogP contribution in [0.4, 0.5) is 0 Å². The molecule has 2 rings (SSSR count). The number of rotatable bonds is 1. The van der Waals surface area contributed by atoms with Gasteiger partial charge in [-0.2, -0.15) is 0 Å². The van der Waals surface area contributed by atoms with Crippen molar-refractivity contribution < 1.29 is 22.0 Å². The molecule has 0 radical (unpaired) electrons. The average Bonchev–Trinajstić information content (AvgIpc) is 2.37. The lowest BCUT2D eigenvalue weighted by Crippen LogP contribution is -3.00. The van der Waals surface area contributed by atoms with Gasteiger partial charge in [0.1, 0.15) is 13.1 Å². The minimum Gasteiger partial charge on any atom is -1.00 e. The largest absolute Gasteiger partial charge is 1.00 e. The van der Waals surface area contributed by atoms with Crippen molar-refractivity contribution in [1.29, 1.82) is 0 Å². The molecule has 2 nitrogen and oxygen atoms in total. The van der Waals surface area contributed by atoms with E-state index >= 15 is 0 Å². The van der Waals surface area contributed by atoms with E-state index in [1.807, 2.05) is 12.1 Å². The van der Waals surface area contributed by atoms with Crippen molar-refractivity contribution in [2.75, 3.05) is 14.1 Å². The van der Waals surface area contributed by atoms with E-state index in [0.29, 0.717) is 0 Å². The van der Waals surface area contributed by atoms with Gasteiger partial charge in [0.15, 0.2) is 0 Å². The SMILES string of the molecule is C[N+]1(C)Cc2cccc(CO)c2C1.[Cl-]. The predicted molar refractivity (Wildman–Crippen MR) is 51.9 cm³/mol. The molecule has 1 N–H and O–H groups in total. The van der Waals surface area contributed by atoms with Crippen LogP contribution in [0, 0.1) is 0 Å². The normalized spacial score (nSPS) is 17.4. The Morgan fingerprint density at radius 2 is 2.00 bits per heavy atom. The van der Waals surface area contributed by atoms with E-state index in [0.717, 1.165) is 23.1 Å². The van der Waals surface area contributed by atoms with E-state index in [-0.39, 0.29) is 19.0 Å². The molecule has 0 amide bonds. The molecule has 78 valence electrons. The Kier molecular flexibility index (Phi) is 3.20. The molecular formula is C11H16ClNO. The lowest BCUT2D eigenvalue weighted by molar-refractivity contribution is -0.910. The van der Waals surface area contributed by atoms with Gasteiger partial charge < -0.3 is 22.0 Å². The van der Waals surface area contributed by atoms with E-state index in [4.69, 9.17) is 5.11 Å². The van der Waals surface area contributed by atoms with Gasteiger partial charge in [0.25, 0.3) is 0 Å². The second-order valence-electron chi connectivity index (χ2n) is 4.46. The van der Waals surface area contributed by atoms with Crippen LogP contribution in [-0.2, 0) is 19.7 Å². The summed E-state index contributed by atoms with van der Waals surface area (Å²) in [5.41, 5.74) is 3.85. The number of fused-ring (bicyclic) bond motifs is 1. The Labute approximate surface area is 91.2 Å². The predicted octanol–water partition coefficient (Wildman–Crippen LogP) is -1.73. The van der Waals surface area contributed by atoms with Crippen LogP contribution in [0.1, 0.15) is 16.7 Å². The van der Waals surface area contributed by atoms with Crippen LogP contribution in [0.15, 0.2) is 18.2 Å². The summed E-state index contributed by atoms with van der Waals surface area (Å²) in [6, 6.07) is 6.22. The number of quaternary nitrogens is 1. The van der Waals surface area contributed by atoms with Crippen molar-refractivity contribution in [3.63, 3.8) is 0 Å². The summed E-state index contributed by atoms with van der Waals surface area (Å²) in [6.07, 6.45) is 0. The molecule has 1 aliphatic heterocycles. The Morgan fingerprint density at radius 1 is 1.29 bits per heavy atom. The molecular weight excluding hydrogens is 198 g/mol. The molecule has 1 heterocycles. The summed E-state index contributed by atoms with van der Waals surface area (Å²) in [6.45, 7) is 2.30. The first-order valence-corrected chi connectivity index (χ1v) is 4.65. The fraction of sp³-hybridized carbons (Fsp3) is 0.455. The number of halogens is 1. The van der Waals surface area contributed by atoms with Crippen molar-refractivity contribution in [1.82, 2.24) is 0 Å². The van der Waals surface area contributed by atoms with Crippen LogP contribution in [0.25, 0.3) is 0 Å². The fourth-order valence-corrected chi connectivity index (χ4v) is 2.13. The number of hydrogen-bond acceptors (Lipinski definition) is 1. The fourth-order valence-electron chi connectivity index (χ4n) is 2.13. The minimum atomic E-state index is 0.